The van der Waals surface area contributed by atoms with Gasteiger partial charge in [-0.1, -0.05) is 0 Å². The molecule has 0 atom stereocenters. The zero-order valence-electron chi connectivity index (χ0n) is 9.81. The summed E-state index contributed by atoms with van der Waals surface area (Å²) >= 11 is 3.17. The lowest BCUT2D eigenvalue weighted by Crippen LogP contribution is -2.10. The van der Waals surface area contributed by atoms with Crippen LogP contribution in [0.5, 0.6) is 0 Å². The minimum absolute atomic E-state index is 0.133. The number of aromatic carboxylic acids is 1. The van der Waals surface area contributed by atoms with Crippen molar-refractivity contribution in [2.45, 2.75) is 6.42 Å². The molecule has 0 spiro atoms. The predicted molar refractivity (Wildman–Crippen MR) is 73.9 cm³/mol. The van der Waals surface area contributed by atoms with Gasteiger partial charge in [-0.25, -0.2) is 13.2 Å². The van der Waals surface area contributed by atoms with Crippen LogP contribution >= 0.6 is 15.9 Å². The summed E-state index contributed by atoms with van der Waals surface area (Å²) in [5.41, 5.74) is 0.942. The van der Waals surface area contributed by atoms with Crippen LogP contribution in [0, 0.1) is 0 Å². The molecule has 0 fully saturated rings. The summed E-state index contributed by atoms with van der Waals surface area (Å²) < 4.78 is 22.3. The van der Waals surface area contributed by atoms with Crippen molar-refractivity contribution in [2.75, 3.05) is 23.9 Å². The van der Waals surface area contributed by atoms with E-state index >= 15 is 0 Å². The number of halogens is 1. The van der Waals surface area contributed by atoms with Crippen LogP contribution < -0.4 is 5.32 Å². The molecule has 0 radical (unpaired) electrons. The number of benzene rings is 1. The van der Waals surface area contributed by atoms with Crippen molar-refractivity contribution in [1.29, 1.82) is 0 Å². The smallest absolute Gasteiger partial charge is 0.336 e. The summed E-state index contributed by atoms with van der Waals surface area (Å²) in [6.07, 6.45) is 1.71. The molecule has 0 saturated carbocycles. The largest absolute Gasteiger partial charge is 0.478 e. The third-order valence-corrected chi connectivity index (χ3v) is 3.91. The Kier molecular flexibility index (Phi) is 5.15. The number of hydrogen-bond donors (Lipinski definition) is 2. The highest BCUT2D eigenvalue weighted by molar-refractivity contribution is 9.10. The molecule has 0 bridgehead atoms. The molecule has 5 nitrogen and oxygen atoms in total. The Morgan fingerprint density at radius 1 is 1.44 bits per heavy atom. The lowest BCUT2D eigenvalue weighted by atomic mass is 10.2. The molecular weight excluding hydrogens is 322 g/mol. The number of nitrogens with one attached hydrogen (secondary N) is 1. The highest BCUT2D eigenvalue weighted by atomic mass is 79.9. The van der Waals surface area contributed by atoms with Crippen molar-refractivity contribution in [2.24, 2.45) is 0 Å². The number of carboxylic acids is 1. The van der Waals surface area contributed by atoms with Gasteiger partial charge in [-0.05, 0) is 40.5 Å². The van der Waals surface area contributed by atoms with Gasteiger partial charge >= 0.3 is 5.97 Å². The van der Waals surface area contributed by atoms with Gasteiger partial charge in [0.25, 0.3) is 0 Å². The molecule has 0 aliphatic carbocycles. The summed E-state index contributed by atoms with van der Waals surface area (Å²) in [7, 11) is -2.93. The van der Waals surface area contributed by atoms with Crippen LogP contribution in [0.1, 0.15) is 16.8 Å². The molecule has 0 aromatic heterocycles. The Hall–Kier alpha value is -1.08. The SMILES string of the molecule is CS(=O)(=O)CCCNc1ccc(C(=O)O)c(Br)c1. The zero-order valence-corrected chi connectivity index (χ0v) is 12.2. The van der Waals surface area contributed by atoms with Crippen LogP contribution in [0.4, 0.5) is 5.69 Å². The van der Waals surface area contributed by atoms with Crippen molar-refractivity contribution < 1.29 is 18.3 Å². The van der Waals surface area contributed by atoms with Crippen LogP contribution in [0.2, 0.25) is 0 Å². The Morgan fingerprint density at radius 3 is 2.61 bits per heavy atom. The van der Waals surface area contributed by atoms with Gasteiger partial charge in [-0.2, -0.15) is 0 Å². The average Bonchev–Trinajstić information content (AvgIpc) is 2.22. The summed E-state index contributed by atoms with van der Waals surface area (Å²) in [5, 5.41) is 11.9. The van der Waals surface area contributed by atoms with E-state index < -0.39 is 15.8 Å². The molecule has 0 unspecified atom stereocenters. The van der Waals surface area contributed by atoms with Gasteiger partial charge in [0.1, 0.15) is 9.84 Å². The van der Waals surface area contributed by atoms with Crippen LogP contribution in [-0.4, -0.2) is 38.0 Å². The lowest BCUT2D eigenvalue weighted by Gasteiger charge is -2.07. The molecule has 1 rings (SSSR count). The molecule has 100 valence electrons. The van der Waals surface area contributed by atoms with E-state index in [4.69, 9.17) is 5.11 Å². The number of carboxylic acid groups (broad SMARTS) is 1. The number of carbonyl (C=O) groups is 1. The number of anilines is 1. The number of sulfone groups is 1. The van der Waals surface area contributed by atoms with Crippen molar-refractivity contribution in [1.82, 2.24) is 0 Å². The van der Waals surface area contributed by atoms with Gasteiger partial charge in [-0.15, -0.1) is 0 Å². The third kappa shape index (κ3) is 5.05. The number of hydrogen-bond acceptors (Lipinski definition) is 4. The van der Waals surface area contributed by atoms with E-state index in [1.54, 1.807) is 12.1 Å². The van der Waals surface area contributed by atoms with Crippen LogP contribution in [0.15, 0.2) is 22.7 Å². The second-order valence-electron chi connectivity index (χ2n) is 3.91. The Balaban J connectivity index is 2.54. The Labute approximate surface area is 114 Å². The highest BCUT2D eigenvalue weighted by Gasteiger charge is 2.08. The minimum Gasteiger partial charge on any atom is -0.478 e. The topological polar surface area (TPSA) is 83.5 Å². The molecule has 0 aliphatic rings. The first-order chi connectivity index (χ1) is 8.29. The summed E-state index contributed by atoms with van der Waals surface area (Å²) in [6, 6.07) is 4.80. The van der Waals surface area contributed by atoms with Crippen molar-refractivity contribution in [3.63, 3.8) is 0 Å². The summed E-state index contributed by atoms with van der Waals surface area (Å²) in [5.74, 6) is -0.862. The van der Waals surface area contributed by atoms with Gasteiger partial charge in [0.05, 0.1) is 11.3 Å². The normalized spacial score (nSPS) is 11.2. The predicted octanol–water partition coefficient (Wildman–Crippen LogP) is 1.99. The minimum atomic E-state index is -2.93. The van der Waals surface area contributed by atoms with Gasteiger partial charge in [0.2, 0.25) is 0 Å². The van der Waals surface area contributed by atoms with E-state index in [0.29, 0.717) is 17.4 Å². The van der Waals surface area contributed by atoms with E-state index in [9.17, 15) is 13.2 Å². The van der Waals surface area contributed by atoms with Crippen LogP contribution in [0.3, 0.4) is 0 Å². The fourth-order valence-electron chi connectivity index (χ4n) is 1.37. The van der Waals surface area contributed by atoms with Gasteiger partial charge in [0.15, 0.2) is 0 Å². The third-order valence-electron chi connectivity index (χ3n) is 2.22. The molecule has 1 aromatic carbocycles. The van der Waals surface area contributed by atoms with Crippen molar-refractivity contribution in [3.8, 4) is 0 Å². The maximum atomic E-state index is 10.9. The second-order valence-corrected chi connectivity index (χ2v) is 7.02. The molecule has 0 heterocycles. The molecule has 7 heteroatoms. The molecule has 0 saturated heterocycles. The lowest BCUT2D eigenvalue weighted by molar-refractivity contribution is 0.0696. The second kappa shape index (κ2) is 6.19. The molecule has 18 heavy (non-hydrogen) atoms. The Bertz CT molecular complexity index is 542. The number of rotatable bonds is 6. The zero-order chi connectivity index (χ0) is 13.8. The van der Waals surface area contributed by atoms with E-state index in [-0.39, 0.29) is 11.3 Å². The first-order valence-electron chi connectivity index (χ1n) is 5.24. The molecular formula is C11H14BrNO4S. The maximum absolute atomic E-state index is 10.9. The van der Waals surface area contributed by atoms with E-state index in [0.717, 1.165) is 5.69 Å². The monoisotopic (exact) mass is 335 g/mol. The quantitative estimate of drug-likeness (QED) is 0.777. The molecule has 0 aliphatic heterocycles. The fraction of sp³-hybridized carbons (Fsp3) is 0.364. The Morgan fingerprint density at radius 2 is 2.11 bits per heavy atom. The molecule has 1 aromatic rings. The van der Waals surface area contributed by atoms with Crippen molar-refractivity contribution >= 4 is 37.4 Å². The average molecular weight is 336 g/mol. The van der Waals surface area contributed by atoms with Crippen LogP contribution in [0.25, 0.3) is 0 Å². The molecule has 2 N–H and O–H groups in total. The van der Waals surface area contributed by atoms with E-state index in [1.807, 2.05) is 0 Å². The van der Waals surface area contributed by atoms with Gasteiger partial charge in [-0.3, -0.25) is 0 Å². The standard InChI is InChI=1S/C11H14BrNO4S/c1-18(16,17)6-2-5-13-8-3-4-9(11(14)15)10(12)7-8/h3-4,7,13H,2,5-6H2,1H3,(H,14,15). The van der Waals surface area contributed by atoms with Crippen molar-refractivity contribution in [3.05, 3.63) is 28.2 Å². The van der Waals surface area contributed by atoms with E-state index in [1.165, 1.54) is 12.3 Å². The summed E-state index contributed by atoms with van der Waals surface area (Å²) in [4.78, 5) is 10.8. The van der Waals surface area contributed by atoms with Gasteiger partial charge < -0.3 is 10.4 Å². The van der Waals surface area contributed by atoms with Crippen LogP contribution in [-0.2, 0) is 9.84 Å². The van der Waals surface area contributed by atoms with Gasteiger partial charge in [0, 0.05) is 23.0 Å². The maximum Gasteiger partial charge on any atom is 0.336 e. The summed E-state index contributed by atoms with van der Waals surface area (Å²) in [6.45, 7) is 0.520. The first kappa shape index (κ1) is 15.0. The fourth-order valence-corrected chi connectivity index (χ4v) is 2.58. The van der Waals surface area contributed by atoms with E-state index in [2.05, 4.69) is 21.2 Å². The molecule has 0 amide bonds. The highest BCUT2D eigenvalue weighted by Crippen LogP contribution is 2.21. The first-order valence-corrected chi connectivity index (χ1v) is 8.09.